The molecule has 1 amide bonds. The molecule has 1 aliphatic heterocycles. The van der Waals surface area contributed by atoms with Gasteiger partial charge in [-0.2, -0.15) is 5.10 Å². The van der Waals surface area contributed by atoms with Gasteiger partial charge in [-0.15, -0.1) is 0 Å². The summed E-state index contributed by atoms with van der Waals surface area (Å²) < 4.78 is 21.3. The van der Waals surface area contributed by atoms with Crippen LogP contribution in [0.15, 0.2) is 79.4 Å². The number of hydrogen-bond donors (Lipinski definition) is 1. The summed E-state index contributed by atoms with van der Waals surface area (Å²) in [5.41, 5.74) is 5.02. The van der Waals surface area contributed by atoms with Gasteiger partial charge in [-0.05, 0) is 81.7 Å². The number of amides is 1. The van der Waals surface area contributed by atoms with Crippen LogP contribution in [0.5, 0.6) is 0 Å². The Kier molecular flexibility index (Phi) is 8.67. The summed E-state index contributed by atoms with van der Waals surface area (Å²) in [5.74, 6) is -0.356. The first-order chi connectivity index (χ1) is 20.4. The van der Waals surface area contributed by atoms with Gasteiger partial charge in [0, 0.05) is 23.2 Å². The van der Waals surface area contributed by atoms with Crippen molar-refractivity contribution in [2.75, 3.05) is 6.54 Å². The lowest BCUT2D eigenvalue weighted by molar-refractivity contribution is 0.0351. The molecular formula is C34H33Cl2FN4O2. The molecule has 0 bridgehead atoms. The Morgan fingerprint density at radius 3 is 2.44 bits per heavy atom. The van der Waals surface area contributed by atoms with E-state index in [4.69, 9.17) is 33.0 Å². The molecule has 6 nitrogen and oxygen atoms in total. The molecule has 1 aliphatic rings. The number of fused-ring (bicyclic) bond motifs is 1. The van der Waals surface area contributed by atoms with E-state index in [0.29, 0.717) is 57.0 Å². The van der Waals surface area contributed by atoms with Crippen molar-refractivity contribution >= 4 is 46.8 Å². The maximum atomic E-state index is 13.8. The summed E-state index contributed by atoms with van der Waals surface area (Å²) in [6, 6.07) is 21.3. The Morgan fingerprint density at radius 1 is 1.09 bits per heavy atom. The van der Waals surface area contributed by atoms with Gasteiger partial charge in [0.15, 0.2) is 0 Å². The molecule has 0 aliphatic carbocycles. The first-order valence-electron chi connectivity index (χ1n) is 14.0. The molecule has 1 N–H and O–H groups in total. The fourth-order valence-corrected chi connectivity index (χ4v) is 5.51. The fourth-order valence-electron chi connectivity index (χ4n) is 5.02. The number of hydrogen-bond acceptors (Lipinski definition) is 4. The average Bonchev–Trinajstić information content (AvgIpc) is 3.34. The molecule has 0 fully saturated rings. The highest BCUT2D eigenvalue weighted by Gasteiger charge is 2.36. The smallest absolute Gasteiger partial charge is 0.414 e. The second-order valence-corrected chi connectivity index (χ2v) is 12.2. The Hall–Kier alpha value is -4.07. The summed E-state index contributed by atoms with van der Waals surface area (Å²) in [6.45, 7) is 12.2. The minimum absolute atomic E-state index is 0.0373. The molecule has 3 aromatic carbocycles. The standard InChI is InChI=1S/C34H33Cl2FN4O2/c1-21(24-9-7-6-8-10-24)38-22(2)31-27-17-18-40(33(42)43-34(3,4)5)30(19-23-11-14-26(37)15-12-23)32(27)41(39-31)29-16-13-25(35)20-28(29)36/h6-16,19-21,38H,2,17-18H2,1,3-5H3/b30-19-/t21-/m1/s1. The summed E-state index contributed by atoms with van der Waals surface area (Å²) >= 11 is 13.0. The van der Waals surface area contributed by atoms with Gasteiger partial charge in [-0.3, -0.25) is 4.90 Å². The third-order valence-corrected chi connectivity index (χ3v) is 7.54. The zero-order chi connectivity index (χ0) is 30.9. The highest BCUT2D eigenvalue weighted by molar-refractivity contribution is 6.35. The SMILES string of the molecule is C=C(N[C@H](C)c1ccccc1)c1nn(-c2ccc(Cl)cc2Cl)c2c1CCN(C(=O)OC(C)(C)C)/C2=C\c1ccc(F)cc1. The van der Waals surface area contributed by atoms with E-state index in [2.05, 4.69) is 31.0 Å². The number of nitrogens with one attached hydrogen (secondary N) is 1. The van der Waals surface area contributed by atoms with Crippen molar-refractivity contribution < 1.29 is 13.9 Å². The molecule has 5 rings (SSSR count). The van der Waals surface area contributed by atoms with Crippen molar-refractivity contribution in [2.24, 2.45) is 0 Å². The number of halogens is 3. The van der Waals surface area contributed by atoms with E-state index in [1.54, 1.807) is 39.9 Å². The lowest BCUT2D eigenvalue weighted by Gasteiger charge is -2.33. The predicted octanol–water partition coefficient (Wildman–Crippen LogP) is 8.93. The quantitative estimate of drug-likeness (QED) is 0.234. The number of ether oxygens (including phenoxy) is 1. The second-order valence-electron chi connectivity index (χ2n) is 11.4. The lowest BCUT2D eigenvalue weighted by Crippen LogP contribution is -2.39. The second kappa shape index (κ2) is 12.3. The first-order valence-corrected chi connectivity index (χ1v) is 14.7. The van der Waals surface area contributed by atoms with Gasteiger partial charge in [0.2, 0.25) is 0 Å². The number of benzene rings is 3. The molecule has 9 heteroatoms. The molecule has 222 valence electrons. The third-order valence-electron chi connectivity index (χ3n) is 7.00. The molecule has 0 spiro atoms. The molecule has 1 aromatic heterocycles. The van der Waals surface area contributed by atoms with Gasteiger partial charge in [0.1, 0.15) is 17.1 Å². The summed E-state index contributed by atoms with van der Waals surface area (Å²) in [7, 11) is 0. The first kappa shape index (κ1) is 30.4. The predicted molar refractivity (Wildman–Crippen MR) is 172 cm³/mol. The zero-order valence-electron chi connectivity index (χ0n) is 24.5. The minimum atomic E-state index is -0.713. The summed E-state index contributed by atoms with van der Waals surface area (Å²) in [5, 5.41) is 9.38. The van der Waals surface area contributed by atoms with Crippen LogP contribution in [-0.4, -0.2) is 32.9 Å². The van der Waals surface area contributed by atoms with E-state index in [1.165, 1.54) is 12.1 Å². The van der Waals surface area contributed by atoms with Gasteiger partial charge < -0.3 is 10.1 Å². The molecule has 1 atom stereocenters. The molecular weight excluding hydrogens is 586 g/mol. The van der Waals surface area contributed by atoms with Crippen molar-refractivity contribution in [3.05, 3.63) is 123 Å². The van der Waals surface area contributed by atoms with Gasteiger partial charge in [0.05, 0.1) is 27.8 Å². The van der Waals surface area contributed by atoms with Crippen LogP contribution in [0.2, 0.25) is 10.0 Å². The number of aromatic nitrogens is 2. The van der Waals surface area contributed by atoms with Gasteiger partial charge in [-0.1, -0.05) is 72.2 Å². The van der Waals surface area contributed by atoms with Crippen LogP contribution in [-0.2, 0) is 11.2 Å². The molecule has 4 aromatic rings. The number of carbonyl (C=O) groups is 1. The van der Waals surface area contributed by atoms with Crippen LogP contribution < -0.4 is 5.32 Å². The van der Waals surface area contributed by atoms with Crippen LogP contribution in [0.25, 0.3) is 23.2 Å². The van der Waals surface area contributed by atoms with Gasteiger partial charge in [0.25, 0.3) is 0 Å². The molecule has 0 saturated carbocycles. The molecule has 2 heterocycles. The van der Waals surface area contributed by atoms with E-state index < -0.39 is 11.7 Å². The topological polar surface area (TPSA) is 59.4 Å². The Balaban J connectivity index is 1.69. The van der Waals surface area contributed by atoms with E-state index in [9.17, 15) is 9.18 Å². The van der Waals surface area contributed by atoms with Crippen molar-refractivity contribution in [1.82, 2.24) is 20.0 Å². The van der Waals surface area contributed by atoms with Gasteiger partial charge >= 0.3 is 6.09 Å². The summed E-state index contributed by atoms with van der Waals surface area (Å²) in [4.78, 5) is 15.2. The number of nitrogens with zero attached hydrogens (tertiary/aromatic N) is 3. The Morgan fingerprint density at radius 2 is 1.79 bits per heavy atom. The van der Waals surface area contributed by atoms with Crippen LogP contribution in [0.4, 0.5) is 9.18 Å². The number of rotatable bonds is 6. The minimum Gasteiger partial charge on any atom is -0.443 e. The molecule has 0 saturated heterocycles. The van der Waals surface area contributed by atoms with Crippen LogP contribution in [0.3, 0.4) is 0 Å². The fraction of sp³-hybridized carbons (Fsp3) is 0.235. The van der Waals surface area contributed by atoms with Crippen LogP contribution in [0, 0.1) is 5.82 Å². The molecule has 0 unspecified atom stereocenters. The molecule has 0 radical (unpaired) electrons. The Bertz CT molecular complexity index is 1690. The lowest BCUT2D eigenvalue weighted by atomic mass is 9.98. The van der Waals surface area contributed by atoms with E-state index in [0.717, 1.165) is 11.1 Å². The maximum Gasteiger partial charge on any atom is 0.414 e. The van der Waals surface area contributed by atoms with E-state index >= 15 is 0 Å². The van der Waals surface area contributed by atoms with Crippen LogP contribution >= 0.6 is 23.2 Å². The monoisotopic (exact) mass is 618 g/mol. The number of carbonyl (C=O) groups excluding carboxylic acids is 1. The van der Waals surface area contributed by atoms with Crippen molar-refractivity contribution in [1.29, 1.82) is 0 Å². The Labute approximate surface area is 261 Å². The zero-order valence-corrected chi connectivity index (χ0v) is 26.0. The molecule has 43 heavy (non-hydrogen) atoms. The summed E-state index contributed by atoms with van der Waals surface area (Å²) in [6.07, 6.45) is 1.81. The maximum absolute atomic E-state index is 13.8. The van der Waals surface area contributed by atoms with E-state index in [-0.39, 0.29) is 11.9 Å². The van der Waals surface area contributed by atoms with E-state index in [1.807, 2.05) is 45.0 Å². The third kappa shape index (κ3) is 6.79. The van der Waals surface area contributed by atoms with Crippen molar-refractivity contribution in [2.45, 2.75) is 45.8 Å². The van der Waals surface area contributed by atoms with Crippen molar-refractivity contribution in [3.63, 3.8) is 0 Å². The average molecular weight is 620 g/mol. The van der Waals surface area contributed by atoms with Crippen LogP contribution in [0.1, 0.15) is 61.8 Å². The van der Waals surface area contributed by atoms with Gasteiger partial charge in [-0.25, -0.2) is 13.9 Å². The highest BCUT2D eigenvalue weighted by Crippen LogP contribution is 2.38. The normalized spacial score (nSPS) is 14.8. The highest BCUT2D eigenvalue weighted by atomic mass is 35.5. The van der Waals surface area contributed by atoms with Crippen molar-refractivity contribution in [3.8, 4) is 5.69 Å². The largest absolute Gasteiger partial charge is 0.443 e.